The van der Waals surface area contributed by atoms with Crippen molar-refractivity contribution in [3.8, 4) is 0 Å². The topological polar surface area (TPSA) is 31.4 Å². The molecule has 0 radical (unpaired) electrons. The van der Waals surface area contributed by atoms with Gasteiger partial charge < -0.3 is 9.47 Å². The maximum atomic E-state index is 13.7. The Morgan fingerprint density at radius 2 is 2.11 bits per heavy atom. The lowest BCUT2D eigenvalue weighted by Gasteiger charge is -2.09. The molecule has 6 heteroatoms. The summed E-state index contributed by atoms with van der Waals surface area (Å²) >= 11 is 7.42. The van der Waals surface area contributed by atoms with Gasteiger partial charge in [0.25, 0.3) is 0 Å². The number of nitrogens with zero attached hydrogens (tertiary/aromatic N) is 1. The molecule has 2 rings (SSSR count). The lowest BCUT2D eigenvalue weighted by molar-refractivity contribution is -0.108. The van der Waals surface area contributed by atoms with E-state index < -0.39 is 6.29 Å². The van der Waals surface area contributed by atoms with Crippen molar-refractivity contribution in [2.24, 2.45) is 0 Å². The summed E-state index contributed by atoms with van der Waals surface area (Å²) in [6.45, 7) is 0. The highest BCUT2D eigenvalue weighted by Gasteiger charge is 2.15. The zero-order chi connectivity index (χ0) is 13.8. The fourth-order valence-corrected chi connectivity index (χ4v) is 2.74. The monoisotopic (exact) mass is 301 g/mol. The number of aromatic nitrogens is 1. The minimum absolute atomic E-state index is 0.320. The molecule has 0 atom stereocenters. The van der Waals surface area contributed by atoms with Crippen LogP contribution in [0.3, 0.4) is 0 Å². The highest BCUT2D eigenvalue weighted by molar-refractivity contribution is 7.09. The highest BCUT2D eigenvalue weighted by atomic mass is 35.5. The maximum Gasteiger partial charge on any atom is 0.201 e. The fraction of sp³-hybridized carbons (Fsp3) is 0.308. The van der Waals surface area contributed by atoms with Gasteiger partial charge in [-0.15, -0.1) is 11.3 Å². The van der Waals surface area contributed by atoms with Gasteiger partial charge in [0.05, 0.1) is 5.01 Å². The summed E-state index contributed by atoms with van der Waals surface area (Å²) in [7, 11) is 3.09. The van der Waals surface area contributed by atoms with Crippen molar-refractivity contribution >= 4 is 22.9 Å². The van der Waals surface area contributed by atoms with Gasteiger partial charge in [-0.05, 0) is 12.1 Å². The number of methoxy groups -OCH3 is 2. The highest BCUT2D eigenvalue weighted by Crippen LogP contribution is 2.26. The molecule has 102 valence electrons. The molecule has 0 spiro atoms. The maximum absolute atomic E-state index is 13.7. The Balaban J connectivity index is 2.20. The second kappa shape index (κ2) is 6.43. The lowest BCUT2D eigenvalue weighted by Crippen LogP contribution is -2.04. The van der Waals surface area contributed by atoms with E-state index in [1.165, 1.54) is 17.4 Å². The first-order chi connectivity index (χ1) is 9.15. The van der Waals surface area contributed by atoms with Crippen LogP contribution in [-0.4, -0.2) is 19.2 Å². The molecule has 0 aliphatic rings. The van der Waals surface area contributed by atoms with Gasteiger partial charge in [0.2, 0.25) is 6.29 Å². The van der Waals surface area contributed by atoms with Gasteiger partial charge in [0, 0.05) is 36.6 Å². The molecule has 1 aromatic heterocycles. The third-order valence-corrected chi connectivity index (χ3v) is 3.85. The summed E-state index contributed by atoms with van der Waals surface area (Å²) in [5, 5.41) is 3.01. The Hall–Kier alpha value is -1.01. The van der Waals surface area contributed by atoms with E-state index in [4.69, 9.17) is 21.1 Å². The average Bonchev–Trinajstić information content (AvgIpc) is 2.84. The van der Waals surface area contributed by atoms with Gasteiger partial charge in [-0.1, -0.05) is 17.7 Å². The first kappa shape index (κ1) is 14.4. The minimum atomic E-state index is -0.499. The smallest absolute Gasteiger partial charge is 0.201 e. The summed E-state index contributed by atoms with van der Waals surface area (Å²) in [5.74, 6) is -0.320. The Bertz CT molecular complexity index is 537. The van der Waals surface area contributed by atoms with E-state index in [0.717, 1.165) is 5.01 Å². The van der Waals surface area contributed by atoms with Gasteiger partial charge in [0.1, 0.15) is 11.5 Å². The summed E-state index contributed by atoms with van der Waals surface area (Å²) in [6.07, 6.45) is -0.142. The summed E-state index contributed by atoms with van der Waals surface area (Å²) in [4.78, 5) is 4.37. The van der Waals surface area contributed by atoms with Crippen LogP contribution in [0.2, 0.25) is 5.02 Å². The van der Waals surface area contributed by atoms with Crippen molar-refractivity contribution in [3.63, 3.8) is 0 Å². The molecule has 0 fully saturated rings. The van der Waals surface area contributed by atoms with E-state index in [1.54, 1.807) is 26.4 Å². The molecule has 0 N–H and O–H groups in total. The van der Waals surface area contributed by atoms with Gasteiger partial charge in [-0.3, -0.25) is 0 Å². The zero-order valence-corrected chi connectivity index (χ0v) is 12.1. The van der Waals surface area contributed by atoms with E-state index in [0.29, 0.717) is 22.7 Å². The molecule has 3 nitrogen and oxygen atoms in total. The van der Waals surface area contributed by atoms with Crippen LogP contribution < -0.4 is 0 Å². The van der Waals surface area contributed by atoms with Crippen molar-refractivity contribution in [3.05, 3.63) is 50.7 Å². The van der Waals surface area contributed by atoms with Crippen LogP contribution in [0, 0.1) is 5.82 Å². The number of rotatable bonds is 5. The zero-order valence-electron chi connectivity index (χ0n) is 10.5. The number of ether oxygens (including phenoxy) is 2. The molecular formula is C13H13ClFNO2S. The van der Waals surface area contributed by atoms with Crippen LogP contribution in [0.1, 0.15) is 22.6 Å². The Kier molecular flexibility index (Phi) is 4.87. The van der Waals surface area contributed by atoms with Crippen molar-refractivity contribution in [2.75, 3.05) is 14.2 Å². The Morgan fingerprint density at radius 1 is 1.37 bits per heavy atom. The number of hydrogen-bond acceptors (Lipinski definition) is 4. The van der Waals surface area contributed by atoms with Crippen LogP contribution in [0.4, 0.5) is 4.39 Å². The van der Waals surface area contributed by atoms with E-state index in [9.17, 15) is 4.39 Å². The normalized spacial score (nSPS) is 11.2. The molecule has 0 saturated heterocycles. The molecule has 1 heterocycles. The molecule has 0 amide bonds. The molecule has 0 aliphatic heterocycles. The van der Waals surface area contributed by atoms with Crippen molar-refractivity contribution in [1.29, 1.82) is 0 Å². The second-order valence-corrected chi connectivity index (χ2v) is 5.20. The molecule has 2 aromatic rings. The number of halogens is 2. The molecule has 19 heavy (non-hydrogen) atoms. The van der Waals surface area contributed by atoms with Crippen LogP contribution in [-0.2, 0) is 15.9 Å². The summed E-state index contributed by atoms with van der Waals surface area (Å²) < 4.78 is 23.9. The number of hydrogen-bond donors (Lipinski definition) is 0. The van der Waals surface area contributed by atoms with Crippen LogP contribution in [0.5, 0.6) is 0 Å². The lowest BCUT2D eigenvalue weighted by atomic mass is 10.1. The van der Waals surface area contributed by atoms with E-state index in [-0.39, 0.29) is 5.82 Å². The van der Waals surface area contributed by atoms with Gasteiger partial charge >= 0.3 is 0 Å². The third kappa shape index (κ3) is 3.30. The number of thiazole rings is 1. The van der Waals surface area contributed by atoms with Crippen LogP contribution in [0.15, 0.2) is 23.6 Å². The van der Waals surface area contributed by atoms with Gasteiger partial charge in [-0.2, -0.15) is 0 Å². The predicted molar refractivity (Wildman–Crippen MR) is 73.1 cm³/mol. The minimum Gasteiger partial charge on any atom is -0.350 e. The molecule has 0 unspecified atom stereocenters. The Labute approximate surface area is 120 Å². The van der Waals surface area contributed by atoms with E-state index in [2.05, 4.69) is 4.98 Å². The average molecular weight is 302 g/mol. The van der Waals surface area contributed by atoms with Crippen LogP contribution >= 0.6 is 22.9 Å². The SMILES string of the molecule is COC(OC)c1csc(Cc2c(F)cccc2Cl)n1. The number of benzene rings is 1. The molecule has 0 aliphatic carbocycles. The van der Waals surface area contributed by atoms with Gasteiger partial charge in [0.15, 0.2) is 0 Å². The van der Waals surface area contributed by atoms with E-state index >= 15 is 0 Å². The van der Waals surface area contributed by atoms with Crippen molar-refractivity contribution < 1.29 is 13.9 Å². The Morgan fingerprint density at radius 3 is 2.74 bits per heavy atom. The van der Waals surface area contributed by atoms with Crippen molar-refractivity contribution in [1.82, 2.24) is 4.98 Å². The summed E-state index contributed by atoms with van der Waals surface area (Å²) in [6, 6.07) is 4.64. The van der Waals surface area contributed by atoms with Crippen molar-refractivity contribution in [2.45, 2.75) is 12.7 Å². The first-order valence-electron chi connectivity index (χ1n) is 5.58. The third-order valence-electron chi connectivity index (χ3n) is 2.63. The first-order valence-corrected chi connectivity index (χ1v) is 6.84. The van der Waals surface area contributed by atoms with E-state index in [1.807, 2.05) is 5.38 Å². The predicted octanol–water partition coefficient (Wildman–Crippen LogP) is 3.82. The van der Waals surface area contributed by atoms with Crippen LogP contribution in [0.25, 0.3) is 0 Å². The second-order valence-electron chi connectivity index (χ2n) is 3.85. The quantitative estimate of drug-likeness (QED) is 0.787. The van der Waals surface area contributed by atoms with Gasteiger partial charge in [-0.25, -0.2) is 9.37 Å². The molecular weight excluding hydrogens is 289 g/mol. The summed E-state index contributed by atoms with van der Waals surface area (Å²) in [5.41, 5.74) is 1.13. The standard InChI is InChI=1S/C13H13ClFNO2S/c1-17-13(18-2)11-7-19-12(16-11)6-8-9(14)4-3-5-10(8)15/h3-5,7,13H,6H2,1-2H3. The molecule has 0 bridgehead atoms. The largest absolute Gasteiger partial charge is 0.350 e. The molecule has 1 aromatic carbocycles. The fourth-order valence-electron chi connectivity index (χ4n) is 1.70. The molecule has 0 saturated carbocycles.